The lowest BCUT2D eigenvalue weighted by Crippen LogP contribution is -2.66. The minimum atomic E-state index is -1.98. The summed E-state index contributed by atoms with van der Waals surface area (Å²) < 4.78 is 34.0. The van der Waals surface area contributed by atoms with Crippen molar-refractivity contribution in [3.8, 4) is 0 Å². The van der Waals surface area contributed by atoms with Crippen LogP contribution in [0.2, 0.25) is 0 Å². The Morgan fingerprint density at radius 1 is 0.507 bits per heavy atom. The van der Waals surface area contributed by atoms with Gasteiger partial charge >= 0.3 is 0 Å². The smallest absolute Gasteiger partial charge is 0.220 e. The van der Waals surface area contributed by atoms with Gasteiger partial charge in [-0.05, 0) is 70.6 Å². The van der Waals surface area contributed by atoms with Crippen molar-refractivity contribution in [2.45, 2.75) is 221 Å². The van der Waals surface area contributed by atoms with E-state index in [9.17, 15) is 61.0 Å². The summed E-state index contributed by atoms with van der Waals surface area (Å²) in [5, 5.41) is 119. The van der Waals surface area contributed by atoms with Crippen LogP contribution in [0.15, 0.2) is 85.1 Å². The van der Waals surface area contributed by atoms with E-state index in [1.54, 1.807) is 6.08 Å². The second kappa shape index (κ2) is 37.7. The first-order chi connectivity index (χ1) is 35.3. The van der Waals surface area contributed by atoms with Crippen LogP contribution in [0.3, 0.4) is 0 Å². The predicted molar refractivity (Wildman–Crippen MR) is 272 cm³/mol. The number of carbonyl (C=O) groups is 1. The molecule has 73 heavy (non-hydrogen) atoms. The molecule has 19 nitrogen and oxygen atoms in total. The third kappa shape index (κ3) is 23.0. The summed E-state index contributed by atoms with van der Waals surface area (Å²) in [6.45, 7) is 1.45. The number of ether oxygens (including phenoxy) is 6. The van der Waals surface area contributed by atoms with Crippen LogP contribution in [0.4, 0.5) is 0 Å². The Hall–Kier alpha value is -3.03. The van der Waals surface area contributed by atoms with Gasteiger partial charge in [0, 0.05) is 6.42 Å². The third-order valence-electron chi connectivity index (χ3n) is 12.7. The van der Waals surface area contributed by atoms with Gasteiger partial charge in [0.1, 0.15) is 73.2 Å². The fourth-order valence-corrected chi connectivity index (χ4v) is 8.31. The minimum Gasteiger partial charge on any atom is -0.394 e. The molecule has 3 aliphatic rings. The molecule has 3 fully saturated rings. The number of unbranched alkanes of at least 4 members (excludes halogenated alkanes) is 7. The fourth-order valence-electron chi connectivity index (χ4n) is 8.31. The van der Waals surface area contributed by atoms with Crippen LogP contribution in [-0.4, -0.2) is 193 Å². The molecule has 0 radical (unpaired) electrons. The van der Waals surface area contributed by atoms with Gasteiger partial charge in [0.15, 0.2) is 18.9 Å². The normalized spacial score (nSPS) is 32.4. The highest BCUT2D eigenvalue weighted by molar-refractivity contribution is 5.76. The number of amides is 1. The van der Waals surface area contributed by atoms with Gasteiger partial charge in [0.05, 0.1) is 38.6 Å². The van der Waals surface area contributed by atoms with Gasteiger partial charge in [0.25, 0.3) is 0 Å². The maximum Gasteiger partial charge on any atom is 0.220 e. The highest BCUT2D eigenvalue weighted by Crippen LogP contribution is 2.33. The summed E-state index contributed by atoms with van der Waals surface area (Å²) in [6.07, 6.45) is 16.2. The lowest BCUT2D eigenvalue weighted by Gasteiger charge is -2.48. The highest BCUT2D eigenvalue weighted by Gasteiger charge is 2.53. The highest BCUT2D eigenvalue weighted by atomic mass is 16.8. The monoisotopic (exact) mass is 1040 g/mol. The van der Waals surface area contributed by atoms with Crippen LogP contribution < -0.4 is 5.32 Å². The van der Waals surface area contributed by atoms with Crippen molar-refractivity contribution in [3.63, 3.8) is 0 Å². The zero-order valence-electron chi connectivity index (χ0n) is 42.8. The van der Waals surface area contributed by atoms with E-state index in [1.807, 2.05) is 6.08 Å². The van der Waals surface area contributed by atoms with E-state index >= 15 is 0 Å². The molecule has 0 aliphatic carbocycles. The van der Waals surface area contributed by atoms with Crippen molar-refractivity contribution in [3.05, 3.63) is 85.1 Å². The average Bonchev–Trinajstić information content (AvgIpc) is 3.39. The van der Waals surface area contributed by atoms with Crippen molar-refractivity contribution >= 4 is 5.91 Å². The number of aliphatic hydroxyl groups excluding tert-OH is 11. The molecule has 0 aromatic rings. The molecule has 3 rings (SSSR count). The largest absolute Gasteiger partial charge is 0.394 e. The van der Waals surface area contributed by atoms with E-state index in [0.29, 0.717) is 12.8 Å². The van der Waals surface area contributed by atoms with Crippen LogP contribution in [-0.2, 0) is 33.2 Å². The molecule has 0 bridgehead atoms. The van der Waals surface area contributed by atoms with Crippen LogP contribution in [0.1, 0.15) is 117 Å². The number of hydrogen-bond acceptors (Lipinski definition) is 18. The Bertz CT molecular complexity index is 1670. The Kier molecular flexibility index (Phi) is 33.2. The number of carbonyl (C=O) groups excluding carboxylic acids is 1. The van der Waals surface area contributed by atoms with Crippen molar-refractivity contribution in [1.29, 1.82) is 0 Å². The van der Waals surface area contributed by atoms with Crippen LogP contribution in [0.25, 0.3) is 0 Å². The molecule has 0 spiro atoms. The predicted octanol–water partition coefficient (Wildman–Crippen LogP) is 2.47. The van der Waals surface area contributed by atoms with Gasteiger partial charge in [-0.15, -0.1) is 0 Å². The van der Waals surface area contributed by atoms with Gasteiger partial charge < -0.3 is 89.9 Å². The molecule has 0 aromatic heterocycles. The van der Waals surface area contributed by atoms with Gasteiger partial charge in [-0.2, -0.15) is 0 Å². The van der Waals surface area contributed by atoms with E-state index in [4.69, 9.17) is 28.4 Å². The minimum absolute atomic E-state index is 0.182. The van der Waals surface area contributed by atoms with Crippen molar-refractivity contribution in [1.82, 2.24) is 5.32 Å². The first-order valence-corrected chi connectivity index (χ1v) is 26.3. The molecule has 0 saturated carbocycles. The lowest BCUT2D eigenvalue weighted by molar-refractivity contribution is -0.379. The van der Waals surface area contributed by atoms with E-state index in [2.05, 4.69) is 92.1 Å². The summed E-state index contributed by atoms with van der Waals surface area (Å²) in [6, 6.07) is -0.998. The molecular weight excluding hydrogens is 951 g/mol. The summed E-state index contributed by atoms with van der Waals surface area (Å²) in [5.74, 6) is -0.328. The molecule has 12 N–H and O–H groups in total. The van der Waals surface area contributed by atoms with Crippen molar-refractivity contribution in [2.24, 2.45) is 0 Å². The van der Waals surface area contributed by atoms with Crippen LogP contribution >= 0.6 is 0 Å². The Morgan fingerprint density at radius 3 is 1.47 bits per heavy atom. The van der Waals surface area contributed by atoms with Gasteiger partial charge in [-0.25, -0.2) is 0 Å². The molecule has 418 valence electrons. The molecular formula is C54H89NO18. The number of hydrogen-bond donors (Lipinski definition) is 12. The van der Waals surface area contributed by atoms with Crippen LogP contribution in [0, 0.1) is 0 Å². The van der Waals surface area contributed by atoms with Crippen molar-refractivity contribution in [2.75, 3.05) is 26.4 Å². The summed E-state index contributed by atoms with van der Waals surface area (Å²) in [5.41, 5.74) is 0. The van der Waals surface area contributed by atoms with Crippen LogP contribution in [0.5, 0.6) is 0 Å². The number of rotatable bonds is 35. The number of allylic oxidation sites excluding steroid dienone is 13. The second-order valence-corrected chi connectivity index (χ2v) is 18.6. The Labute approximate surface area is 431 Å². The zero-order chi connectivity index (χ0) is 53.4. The quantitative estimate of drug-likeness (QED) is 0.0321. The first-order valence-electron chi connectivity index (χ1n) is 26.3. The molecule has 3 heterocycles. The van der Waals surface area contributed by atoms with E-state index in [1.165, 1.54) is 0 Å². The van der Waals surface area contributed by atoms with E-state index in [0.717, 1.165) is 83.5 Å². The number of aliphatic hydroxyl groups is 11. The van der Waals surface area contributed by atoms with E-state index in [-0.39, 0.29) is 18.9 Å². The third-order valence-corrected chi connectivity index (χ3v) is 12.7. The van der Waals surface area contributed by atoms with Gasteiger partial charge in [-0.3, -0.25) is 4.79 Å². The topological polar surface area (TPSA) is 307 Å². The molecule has 0 aromatic carbocycles. The first kappa shape index (κ1) is 64.3. The number of nitrogens with one attached hydrogen (secondary N) is 1. The molecule has 1 amide bonds. The average molecular weight is 1040 g/mol. The summed E-state index contributed by atoms with van der Waals surface area (Å²) >= 11 is 0. The molecule has 17 unspecified atom stereocenters. The van der Waals surface area contributed by atoms with E-state index < -0.39 is 124 Å². The maximum absolute atomic E-state index is 13.2. The fraction of sp³-hybridized carbons (Fsp3) is 0.722. The summed E-state index contributed by atoms with van der Waals surface area (Å²) in [4.78, 5) is 13.2. The molecule has 3 aliphatic heterocycles. The van der Waals surface area contributed by atoms with Gasteiger partial charge in [-0.1, -0.05) is 125 Å². The second-order valence-electron chi connectivity index (χ2n) is 18.6. The summed E-state index contributed by atoms with van der Waals surface area (Å²) in [7, 11) is 0. The van der Waals surface area contributed by atoms with Crippen molar-refractivity contribution < 1.29 is 89.4 Å². The molecule has 19 heteroatoms. The lowest BCUT2D eigenvalue weighted by atomic mass is 9.96. The SMILES string of the molecule is CC/C=C\C/C=C\C/C=C\C/C=C\C/C=C\C/C=C\CCCCC(=O)NC(COC1OC(CO)C(OC2OC(CO)C(OC3OC(CO)C(O)C(O)C3O)C(O)C2O)C(O)C1O)C(O)/C=C/CCCCCCC. The molecule has 17 atom stereocenters. The Balaban J connectivity index is 1.51. The Morgan fingerprint density at radius 2 is 0.945 bits per heavy atom. The zero-order valence-corrected chi connectivity index (χ0v) is 42.8. The maximum atomic E-state index is 13.2. The standard InChI is InChI=1S/C54H89NO18/c1-3-5-7-9-11-12-13-14-15-16-17-18-19-20-21-22-23-24-26-28-30-32-42(60)55-37(38(59)31-29-27-25-10-8-6-4-2)36-68-52-48(66)45(63)50(40(34-57)70-52)73-54-49(67)46(64)51(41(35-58)71-54)72-53-47(65)44(62)43(61)39(33-56)69-53/h5,7,11-12,14-15,17-18,20-21,23-24,29,31,37-41,43-54,56-59,61-67H,3-4,6,8-10,13,16,19,22,25-28,30,32-36H2,1-2H3,(H,55,60)/b7-5-,12-11-,15-14-,18-17-,21-20-,24-23-,31-29+. The van der Waals surface area contributed by atoms with Gasteiger partial charge in [0.2, 0.25) is 5.91 Å². The molecule has 3 saturated heterocycles.